The average Bonchev–Trinajstić information content (AvgIpc) is 2.53. The minimum atomic E-state index is 0.265. The third-order valence-electron chi connectivity index (χ3n) is 3.09. The molecule has 0 saturated carbocycles. The first-order valence-corrected chi connectivity index (χ1v) is 7.29. The molecule has 0 heterocycles. The second-order valence-corrected chi connectivity index (χ2v) is 4.67. The molecule has 0 spiro atoms. The lowest BCUT2D eigenvalue weighted by molar-refractivity contribution is 0.0253. The summed E-state index contributed by atoms with van der Waals surface area (Å²) in [5.41, 5.74) is 1.21. The summed E-state index contributed by atoms with van der Waals surface area (Å²) in [6, 6.07) is 8.34. The van der Waals surface area contributed by atoms with E-state index in [1.807, 2.05) is 18.2 Å². The number of methoxy groups -OCH3 is 2. The van der Waals surface area contributed by atoms with Crippen molar-refractivity contribution in [3.63, 3.8) is 0 Å². The predicted molar refractivity (Wildman–Crippen MR) is 82.9 cm³/mol. The Morgan fingerprint density at radius 2 is 1.71 bits per heavy atom. The van der Waals surface area contributed by atoms with Crippen LogP contribution in [-0.4, -0.2) is 53.8 Å². The lowest BCUT2D eigenvalue weighted by Gasteiger charge is -2.15. The molecule has 0 amide bonds. The molecule has 0 radical (unpaired) electrons. The number of hydrogen-bond acceptors (Lipinski definition) is 5. The third kappa shape index (κ3) is 8.02. The molecule has 0 fully saturated rings. The van der Waals surface area contributed by atoms with Gasteiger partial charge in [0.1, 0.15) is 5.75 Å². The average molecular weight is 297 g/mol. The molecule has 1 rings (SSSR count). The van der Waals surface area contributed by atoms with Gasteiger partial charge in [-0.05, 0) is 24.6 Å². The Balaban J connectivity index is 2.06. The molecule has 0 saturated heterocycles. The summed E-state index contributed by atoms with van der Waals surface area (Å²) in [4.78, 5) is 0. The van der Waals surface area contributed by atoms with Crippen LogP contribution in [0.5, 0.6) is 5.75 Å². The van der Waals surface area contributed by atoms with Crippen LogP contribution in [0.1, 0.15) is 18.5 Å². The van der Waals surface area contributed by atoms with Crippen molar-refractivity contribution in [2.24, 2.45) is 0 Å². The maximum Gasteiger partial charge on any atom is 0.119 e. The van der Waals surface area contributed by atoms with Crippen molar-refractivity contribution in [1.29, 1.82) is 0 Å². The summed E-state index contributed by atoms with van der Waals surface area (Å²) in [5.74, 6) is 0.880. The highest BCUT2D eigenvalue weighted by Gasteiger charge is 2.05. The smallest absolute Gasteiger partial charge is 0.119 e. The second kappa shape index (κ2) is 11.5. The Bertz CT molecular complexity index is 373. The van der Waals surface area contributed by atoms with Gasteiger partial charge in [0.25, 0.3) is 0 Å². The summed E-state index contributed by atoms with van der Waals surface area (Å²) in [5, 5.41) is 3.42. The zero-order valence-corrected chi connectivity index (χ0v) is 13.3. The van der Waals surface area contributed by atoms with Crippen LogP contribution in [0.4, 0.5) is 0 Å². The van der Waals surface area contributed by atoms with Gasteiger partial charge in [-0.1, -0.05) is 12.1 Å². The van der Waals surface area contributed by atoms with E-state index in [4.69, 9.17) is 18.9 Å². The minimum absolute atomic E-state index is 0.265. The summed E-state index contributed by atoms with van der Waals surface area (Å²) in [7, 11) is 3.34. The van der Waals surface area contributed by atoms with Crippen molar-refractivity contribution in [1.82, 2.24) is 5.32 Å². The van der Waals surface area contributed by atoms with Crippen molar-refractivity contribution >= 4 is 0 Å². The van der Waals surface area contributed by atoms with Gasteiger partial charge in [-0.15, -0.1) is 0 Å². The first-order valence-electron chi connectivity index (χ1n) is 7.29. The van der Waals surface area contributed by atoms with Crippen LogP contribution in [0.3, 0.4) is 0 Å². The summed E-state index contributed by atoms with van der Waals surface area (Å²) in [6.45, 7) is 6.05. The number of nitrogens with one attached hydrogen (secondary N) is 1. The van der Waals surface area contributed by atoms with E-state index in [1.165, 1.54) is 5.56 Å². The van der Waals surface area contributed by atoms with E-state index >= 15 is 0 Å². The normalized spacial score (nSPS) is 12.3. The van der Waals surface area contributed by atoms with Crippen molar-refractivity contribution in [3.8, 4) is 5.75 Å². The molecule has 1 aromatic carbocycles. The lowest BCUT2D eigenvalue weighted by atomic mass is 10.1. The Morgan fingerprint density at radius 1 is 1.00 bits per heavy atom. The van der Waals surface area contributed by atoms with E-state index in [9.17, 15) is 0 Å². The molecule has 1 N–H and O–H groups in total. The summed E-state index contributed by atoms with van der Waals surface area (Å²) in [6.07, 6.45) is 0. The third-order valence-corrected chi connectivity index (χ3v) is 3.09. The van der Waals surface area contributed by atoms with Crippen LogP contribution in [0.15, 0.2) is 24.3 Å². The van der Waals surface area contributed by atoms with Crippen LogP contribution in [0.25, 0.3) is 0 Å². The van der Waals surface area contributed by atoms with Crippen LogP contribution in [0, 0.1) is 0 Å². The molecule has 5 nitrogen and oxygen atoms in total. The highest BCUT2D eigenvalue weighted by atomic mass is 16.5. The number of hydrogen-bond donors (Lipinski definition) is 1. The van der Waals surface area contributed by atoms with E-state index in [0.717, 1.165) is 12.3 Å². The Hall–Kier alpha value is -1.14. The first kappa shape index (κ1) is 17.9. The molecule has 0 aromatic heterocycles. The number of rotatable bonds is 12. The van der Waals surface area contributed by atoms with Crippen molar-refractivity contribution in [3.05, 3.63) is 29.8 Å². The standard InChI is InChI=1S/C16H27NO4/c1-14(15-5-4-6-16(13-15)19-3)17-7-8-20-11-12-21-10-9-18-2/h4-6,13-14,17H,7-12H2,1-3H3/t14-/m1/s1. The highest BCUT2D eigenvalue weighted by molar-refractivity contribution is 5.30. The van der Waals surface area contributed by atoms with Gasteiger partial charge >= 0.3 is 0 Å². The second-order valence-electron chi connectivity index (χ2n) is 4.67. The topological polar surface area (TPSA) is 49.0 Å². The molecular formula is C16H27NO4. The fourth-order valence-corrected chi connectivity index (χ4v) is 1.84. The van der Waals surface area contributed by atoms with E-state index in [1.54, 1.807) is 14.2 Å². The van der Waals surface area contributed by atoms with Gasteiger partial charge < -0.3 is 24.3 Å². The van der Waals surface area contributed by atoms with Crippen molar-refractivity contribution in [2.75, 3.05) is 53.8 Å². The molecule has 0 unspecified atom stereocenters. The van der Waals surface area contributed by atoms with Gasteiger partial charge in [0, 0.05) is 19.7 Å². The SMILES string of the molecule is COCCOCCOCCN[C@H](C)c1cccc(OC)c1. The monoisotopic (exact) mass is 297 g/mol. The Morgan fingerprint density at radius 3 is 2.43 bits per heavy atom. The van der Waals surface area contributed by atoms with Gasteiger partial charge in [-0.3, -0.25) is 0 Å². The summed E-state index contributed by atoms with van der Waals surface area (Å²) < 4.78 is 20.9. The van der Waals surface area contributed by atoms with E-state index in [0.29, 0.717) is 33.0 Å². The van der Waals surface area contributed by atoms with Crippen LogP contribution >= 0.6 is 0 Å². The fraction of sp³-hybridized carbons (Fsp3) is 0.625. The van der Waals surface area contributed by atoms with Crippen LogP contribution in [0.2, 0.25) is 0 Å². The number of ether oxygens (including phenoxy) is 4. The maximum atomic E-state index is 5.49. The van der Waals surface area contributed by atoms with Crippen molar-refractivity contribution in [2.45, 2.75) is 13.0 Å². The first-order chi connectivity index (χ1) is 10.3. The van der Waals surface area contributed by atoms with Gasteiger partial charge in [-0.25, -0.2) is 0 Å². The molecule has 1 atom stereocenters. The molecule has 0 aliphatic rings. The van der Waals surface area contributed by atoms with Gasteiger partial charge in [0.05, 0.1) is 40.1 Å². The molecule has 120 valence electrons. The Kier molecular flexibility index (Phi) is 9.82. The predicted octanol–water partition coefficient (Wildman–Crippen LogP) is 2.03. The van der Waals surface area contributed by atoms with E-state index in [2.05, 4.69) is 18.3 Å². The lowest BCUT2D eigenvalue weighted by Crippen LogP contribution is -2.24. The minimum Gasteiger partial charge on any atom is -0.497 e. The quantitative estimate of drug-likeness (QED) is 0.598. The fourth-order valence-electron chi connectivity index (χ4n) is 1.84. The molecule has 21 heavy (non-hydrogen) atoms. The molecule has 0 aliphatic heterocycles. The molecule has 1 aromatic rings. The maximum absolute atomic E-state index is 5.49. The molecule has 5 heteroatoms. The molecule has 0 aliphatic carbocycles. The zero-order valence-electron chi connectivity index (χ0n) is 13.3. The van der Waals surface area contributed by atoms with E-state index in [-0.39, 0.29) is 6.04 Å². The highest BCUT2D eigenvalue weighted by Crippen LogP contribution is 2.18. The van der Waals surface area contributed by atoms with Crippen LogP contribution in [-0.2, 0) is 14.2 Å². The zero-order chi connectivity index (χ0) is 15.3. The molecular weight excluding hydrogens is 270 g/mol. The largest absolute Gasteiger partial charge is 0.497 e. The summed E-state index contributed by atoms with van der Waals surface area (Å²) >= 11 is 0. The van der Waals surface area contributed by atoms with Gasteiger partial charge in [0.2, 0.25) is 0 Å². The van der Waals surface area contributed by atoms with Crippen LogP contribution < -0.4 is 10.1 Å². The Labute approximate surface area is 127 Å². The van der Waals surface area contributed by atoms with Gasteiger partial charge in [0.15, 0.2) is 0 Å². The number of benzene rings is 1. The van der Waals surface area contributed by atoms with Gasteiger partial charge in [-0.2, -0.15) is 0 Å². The van der Waals surface area contributed by atoms with Crippen molar-refractivity contribution < 1.29 is 18.9 Å². The molecule has 0 bridgehead atoms. The van der Waals surface area contributed by atoms with E-state index < -0.39 is 0 Å².